The van der Waals surface area contributed by atoms with E-state index in [1.165, 1.54) is 30.3 Å². The molecule has 0 spiro atoms. The van der Waals surface area contributed by atoms with Gasteiger partial charge in [0, 0.05) is 5.69 Å². The number of carbonyl (C=O) groups excluding carboxylic acids is 1. The first kappa shape index (κ1) is 21.3. The highest BCUT2D eigenvalue weighted by atomic mass is 32.2. The number of anilines is 2. The molecule has 30 heavy (non-hydrogen) atoms. The van der Waals surface area contributed by atoms with Crippen molar-refractivity contribution in [2.75, 3.05) is 22.8 Å². The summed E-state index contributed by atoms with van der Waals surface area (Å²) in [5.41, 5.74) is 0.576. The molecule has 0 saturated heterocycles. The molecule has 6 nitrogen and oxygen atoms in total. The van der Waals surface area contributed by atoms with E-state index in [4.69, 9.17) is 4.74 Å². The van der Waals surface area contributed by atoms with Crippen molar-refractivity contribution >= 4 is 27.3 Å². The number of nitrogens with zero attached hydrogens (tertiary/aromatic N) is 1. The molecule has 8 heteroatoms. The van der Waals surface area contributed by atoms with Crippen molar-refractivity contribution in [3.05, 3.63) is 84.7 Å². The minimum atomic E-state index is -4.04. The Morgan fingerprint density at radius 3 is 2.33 bits per heavy atom. The number of hydrogen-bond acceptors (Lipinski definition) is 4. The molecule has 0 aliphatic heterocycles. The van der Waals surface area contributed by atoms with Crippen molar-refractivity contribution in [1.29, 1.82) is 0 Å². The molecule has 0 atom stereocenters. The zero-order valence-corrected chi connectivity index (χ0v) is 17.1. The predicted molar refractivity (Wildman–Crippen MR) is 114 cm³/mol. The van der Waals surface area contributed by atoms with E-state index in [9.17, 15) is 17.6 Å². The minimum Gasteiger partial charge on any atom is -0.494 e. The zero-order valence-electron chi connectivity index (χ0n) is 16.3. The van der Waals surface area contributed by atoms with Gasteiger partial charge in [0.25, 0.3) is 10.0 Å². The van der Waals surface area contributed by atoms with Gasteiger partial charge in [-0.3, -0.25) is 9.10 Å². The van der Waals surface area contributed by atoms with Crippen LogP contribution in [-0.4, -0.2) is 27.5 Å². The largest absolute Gasteiger partial charge is 0.494 e. The van der Waals surface area contributed by atoms with Crippen LogP contribution in [0.3, 0.4) is 0 Å². The molecule has 0 radical (unpaired) electrons. The summed E-state index contributed by atoms with van der Waals surface area (Å²) in [4.78, 5) is 12.6. The van der Waals surface area contributed by atoms with Gasteiger partial charge in [-0.05, 0) is 61.5 Å². The van der Waals surface area contributed by atoms with Crippen LogP contribution in [0.1, 0.15) is 6.92 Å². The number of amides is 1. The van der Waals surface area contributed by atoms with Crippen LogP contribution < -0.4 is 14.4 Å². The Hall–Kier alpha value is -3.39. The highest BCUT2D eigenvalue weighted by molar-refractivity contribution is 7.92. The topological polar surface area (TPSA) is 75.7 Å². The summed E-state index contributed by atoms with van der Waals surface area (Å²) in [6.45, 7) is 1.82. The fourth-order valence-corrected chi connectivity index (χ4v) is 4.23. The van der Waals surface area contributed by atoms with Crippen LogP contribution in [0.2, 0.25) is 0 Å². The molecule has 0 saturated carbocycles. The Balaban J connectivity index is 1.89. The summed E-state index contributed by atoms with van der Waals surface area (Å²) in [7, 11) is -4.04. The second kappa shape index (κ2) is 9.41. The maximum atomic E-state index is 13.4. The van der Waals surface area contributed by atoms with Crippen LogP contribution >= 0.6 is 0 Å². The molecule has 1 N–H and O–H groups in total. The number of carbonyl (C=O) groups is 1. The van der Waals surface area contributed by atoms with Gasteiger partial charge in [-0.15, -0.1) is 0 Å². The predicted octanol–water partition coefficient (Wildman–Crippen LogP) is 4.06. The molecule has 0 bridgehead atoms. The molecule has 3 aromatic carbocycles. The molecule has 156 valence electrons. The molecular weight excluding hydrogens is 407 g/mol. The average Bonchev–Trinajstić information content (AvgIpc) is 2.73. The van der Waals surface area contributed by atoms with Crippen LogP contribution in [0, 0.1) is 5.82 Å². The first-order valence-corrected chi connectivity index (χ1v) is 10.7. The molecule has 0 heterocycles. The van der Waals surface area contributed by atoms with Gasteiger partial charge in [0.2, 0.25) is 5.91 Å². The summed E-state index contributed by atoms with van der Waals surface area (Å²) < 4.78 is 46.3. The second-order valence-electron chi connectivity index (χ2n) is 6.31. The van der Waals surface area contributed by atoms with Gasteiger partial charge in [0.15, 0.2) is 0 Å². The van der Waals surface area contributed by atoms with Crippen molar-refractivity contribution in [2.45, 2.75) is 11.8 Å². The summed E-state index contributed by atoms with van der Waals surface area (Å²) in [5.74, 6) is -0.555. The molecule has 3 aromatic rings. The summed E-state index contributed by atoms with van der Waals surface area (Å²) in [6.07, 6.45) is 0. The van der Waals surface area contributed by atoms with Crippen LogP contribution in [0.5, 0.6) is 5.75 Å². The molecule has 0 aliphatic rings. The summed E-state index contributed by atoms with van der Waals surface area (Å²) in [6, 6.07) is 19.7. The minimum absolute atomic E-state index is 0.0216. The van der Waals surface area contributed by atoms with Gasteiger partial charge in [-0.25, -0.2) is 12.8 Å². The number of benzene rings is 3. The summed E-state index contributed by atoms with van der Waals surface area (Å²) in [5, 5.41) is 2.53. The molecule has 0 unspecified atom stereocenters. The molecule has 3 rings (SSSR count). The normalized spacial score (nSPS) is 11.0. The molecule has 0 aliphatic carbocycles. The van der Waals surface area contributed by atoms with Gasteiger partial charge in [0.05, 0.1) is 17.2 Å². The van der Waals surface area contributed by atoms with Crippen molar-refractivity contribution in [3.63, 3.8) is 0 Å². The summed E-state index contributed by atoms with van der Waals surface area (Å²) >= 11 is 0. The van der Waals surface area contributed by atoms with E-state index in [1.807, 2.05) is 6.92 Å². The van der Waals surface area contributed by atoms with E-state index in [0.717, 1.165) is 10.4 Å². The number of nitrogens with one attached hydrogen (secondary N) is 1. The van der Waals surface area contributed by atoms with Gasteiger partial charge in [-0.2, -0.15) is 0 Å². The standard InChI is InChI=1S/C22H21FN2O4S/c1-2-29-20-11-13-21(14-12-20)30(27,28)25(19-9-4-3-5-10-19)16-22(26)24-18-8-6-7-17(23)15-18/h3-15H,2,16H2,1H3,(H,24,26). The fourth-order valence-electron chi connectivity index (χ4n) is 2.81. The number of rotatable bonds is 8. The maximum absolute atomic E-state index is 13.4. The lowest BCUT2D eigenvalue weighted by Gasteiger charge is -2.24. The maximum Gasteiger partial charge on any atom is 0.264 e. The van der Waals surface area contributed by atoms with Crippen LogP contribution in [-0.2, 0) is 14.8 Å². The quantitative estimate of drug-likeness (QED) is 0.587. The van der Waals surface area contributed by atoms with E-state index in [0.29, 0.717) is 18.0 Å². The highest BCUT2D eigenvalue weighted by Gasteiger charge is 2.27. The molecular formula is C22H21FN2O4S. The third-order valence-electron chi connectivity index (χ3n) is 4.16. The first-order chi connectivity index (χ1) is 14.4. The molecule has 0 fully saturated rings. The molecule has 0 aromatic heterocycles. The lowest BCUT2D eigenvalue weighted by atomic mass is 10.3. The third-order valence-corrected chi connectivity index (χ3v) is 5.95. The van der Waals surface area contributed by atoms with Crippen molar-refractivity contribution < 1.29 is 22.3 Å². The molecule has 1 amide bonds. The monoisotopic (exact) mass is 428 g/mol. The van der Waals surface area contributed by atoms with Crippen LogP contribution in [0.15, 0.2) is 83.8 Å². The average molecular weight is 428 g/mol. The van der Waals surface area contributed by atoms with Crippen molar-refractivity contribution in [2.24, 2.45) is 0 Å². The Morgan fingerprint density at radius 2 is 1.70 bits per heavy atom. The third kappa shape index (κ3) is 5.15. The van der Waals surface area contributed by atoms with E-state index in [1.54, 1.807) is 42.5 Å². The lowest BCUT2D eigenvalue weighted by molar-refractivity contribution is -0.114. The van der Waals surface area contributed by atoms with E-state index < -0.39 is 28.3 Å². The first-order valence-electron chi connectivity index (χ1n) is 9.26. The van der Waals surface area contributed by atoms with Gasteiger partial charge in [-0.1, -0.05) is 24.3 Å². The number of hydrogen-bond donors (Lipinski definition) is 1. The van der Waals surface area contributed by atoms with Gasteiger partial charge >= 0.3 is 0 Å². The SMILES string of the molecule is CCOc1ccc(S(=O)(=O)N(CC(=O)Nc2cccc(F)c2)c2ccccc2)cc1. The van der Waals surface area contributed by atoms with Gasteiger partial charge in [0.1, 0.15) is 18.1 Å². The smallest absolute Gasteiger partial charge is 0.264 e. The van der Waals surface area contributed by atoms with Crippen molar-refractivity contribution in [3.8, 4) is 5.75 Å². The Labute approximate surface area is 175 Å². The van der Waals surface area contributed by atoms with Crippen LogP contribution in [0.25, 0.3) is 0 Å². The lowest BCUT2D eigenvalue weighted by Crippen LogP contribution is -2.38. The Bertz CT molecular complexity index is 1100. The number of halogens is 1. The van der Waals surface area contributed by atoms with Crippen molar-refractivity contribution in [1.82, 2.24) is 0 Å². The Kier molecular flexibility index (Phi) is 6.68. The van der Waals surface area contributed by atoms with E-state index in [2.05, 4.69) is 5.32 Å². The van der Waals surface area contributed by atoms with E-state index >= 15 is 0 Å². The second-order valence-corrected chi connectivity index (χ2v) is 8.17. The number of ether oxygens (including phenoxy) is 1. The highest BCUT2D eigenvalue weighted by Crippen LogP contribution is 2.25. The number of sulfonamides is 1. The number of para-hydroxylation sites is 1. The van der Waals surface area contributed by atoms with E-state index in [-0.39, 0.29) is 10.6 Å². The fraction of sp³-hybridized carbons (Fsp3) is 0.136. The van der Waals surface area contributed by atoms with Gasteiger partial charge < -0.3 is 10.1 Å². The van der Waals surface area contributed by atoms with Crippen LogP contribution in [0.4, 0.5) is 15.8 Å². The zero-order chi connectivity index (χ0) is 21.6. The Morgan fingerprint density at radius 1 is 1.00 bits per heavy atom.